The Labute approximate surface area is 98.2 Å². The number of hydrogen-bond donors (Lipinski definition) is 0. The summed E-state index contributed by atoms with van der Waals surface area (Å²) in [6.07, 6.45) is 0. The van der Waals surface area contributed by atoms with E-state index in [4.69, 9.17) is 4.74 Å². The molecule has 1 saturated heterocycles. The van der Waals surface area contributed by atoms with Gasteiger partial charge >= 0.3 is 0 Å². The maximum Gasteiger partial charge on any atom is 0.0676 e. The van der Waals surface area contributed by atoms with Crippen molar-refractivity contribution in [2.75, 3.05) is 24.7 Å². The molecule has 2 rings (SSSR count). The van der Waals surface area contributed by atoms with Gasteiger partial charge in [-0.05, 0) is 17.5 Å². The smallest absolute Gasteiger partial charge is 0.0676 e. The van der Waals surface area contributed by atoms with Gasteiger partial charge in [0.2, 0.25) is 0 Å². The lowest BCUT2D eigenvalue weighted by Gasteiger charge is -2.44. The van der Waals surface area contributed by atoms with Crippen LogP contribution in [0.2, 0.25) is 0 Å². The zero-order valence-electron chi connectivity index (χ0n) is 10.4. The fraction of sp³-hybridized carbons (Fsp3) is 0.571. The first-order chi connectivity index (χ1) is 7.59. The summed E-state index contributed by atoms with van der Waals surface area (Å²) in [6.45, 7) is 9.50. The third-order valence-corrected chi connectivity index (χ3v) is 3.22. The molecule has 0 bridgehead atoms. The second kappa shape index (κ2) is 4.46. The molecule has 1 aromatic carbocycles. The number of anilines is 1. The standard InChI is InChI=1S/C14H21NO/c1-14(2,3)13-11-16-10-9-15(13)12-7-5-4-6-8-12/h4-8,13H,9-11H2,1-3H3. The summed E-state index contributed by atoms with van der Waals surface area (Å²) in [4.78, 5) is 2.48. The molecule has 0 spiro atoms. The highest BCUT2D eigenvalue weighted by atomic mass is 16.5. The van der Waals surface area contributed by atoms with Crippen LogP contribution in [0.1, 0.15) is 20.8 Å². The monoisotopic (exact) mass is 219 g/mol. The van der Waals surface area contributed by atoms with E-state index >= 15 is 0 Å². The van der Waals surface area contributed by atoms with Gasteiger partial charge in [-0.1, -0.05) is 39.0 Å². The molecule has 1 heterocycles. The molecule has 2 nitrogen and oxygen atoms in total. The number of nitrogens with zero attached hydrogens (tertiary/aromatic N) is 1. The van der Waals surface area contributed by atoms with E-state index in [1.807, 2.05) is 0 Å². The van der Waals surface area contributed by atoms with Gasteiger partial charge in [-0.15, -0.1) is 0 Å². The third kappa shape index (κ3) is 2.38. The summed E-state index contributed by atoms with van der Waals surface area (Å²) in [7, 11) is 0. The van der Waals surface area contributed by atoms with Crippen molar-refractivity contribution in [1.82, 2.24) is 0 Å². The van der Waals surface area contributed by atoms with Gasteiger partial charge in [-0.3, -0.25) is 0 Å². The minimum Gasteiger partial charge on any atom is -0.377 e. The van der Waals surface area contributed by atoms with Crippen LogP contribution < -0.4 is 4.90 Å². The summed E-state index contributed by atoms with van der Waals surface area (Å²) >= 11 is 0. The third-order valence-electron chi connectivity index (χ3n) is 3.22. The maximum atomic E-state index is 5.62. The van der Waals surface area contributed by atoms with E-state index in [9.17, 15) is 0 Å². The largest absolute Gasteiger partial charge is 0.377 e. The predicted octanol–water partition coefficient (Wildman–Crippen LogP) is 2.94. The maximum absolute atomic E-state index is 5.62. The molecule has 2 heteroatoms. The topological polar surface area (TPSA) is 12.5 Å². The number of para-hydroxylation sites is 1. The van der Waals surface area contributed by atoms with Crippen molar-refractivity contribution in [2.24, 2.45) is 5.41 Å². The lowest BCUT2D eigenvalue weighted by molar-refractivity contribution is 0.0589. The van der Waals surface area contributed by atoms with Crippen LogP contribution in [-0.4, -0.2) is 25.8 Å². The number of rotatable bonds is 1. The first-order valence-electron chi connectivity index (χ1n) is 5.98. The molecule has 0 aromatic heterocycles. The number of ether oxygens (including phenoxy) is 1. The van der Waals surface area contributed by atoms with E-state index in [1.165, 1.54) is 5.69 Å². The summed E-state index contributed by atoms with van der Waals surface area (Å²) in [5, 5.41) is 0. The summed E-state index contributed by atoms with van der Waals surface area (Å²) in [6, 6.07) is 11.1. The summed E-state index contributed by atoms with van der Waals surface area (Å²) in [5.41, 5.74) is 1.56. The molecule has 16 heavy (non-hydrogen) atoms. The molecule has 0 saturated carbocycles. The molecular formula is C14H21NO. The Hall–Kier alpha value is -1.02. The zero-order valence-corrected chi connectivity index (χ0v) is 10.4. The zero-order chi connectivity index (χ0) is 11.6. The van der Waals surface area contributed by atoms with E-state index in [2.05, 4.69) is 56.0 Å². The van der Waals surface area contributed by atoms with Crippen LogP contribution in [-0.2, 0) is 4.74 Å². The average molecular weight is 219 g/mol. The molecule has 1 aliphatic heterocycles. The van der Waals surface area contributed by atoms with E-state index in [0.717, 1.165) is 19.8 Å². The molecule has 1 fully saturated rings. The van der Waals surface area contributed by atoms with Crippen LogP contribution in [0.3, 0.4) is 0 Å². The van der Waals surface area contributed by atoms with Gasteiger partial charge < -0.3 is 9.64 Å². The molecular weight excluding hydrogens is 198 g/mol. The molecule has 88 valence electrons. The fourth-order valence-electron chi connectivity index (χ4n) is 2.25. The van der Waals surface area contributed by atoms with Gasteiger partial charge in [-0.25, -0.2) is 0 Å². The Morgan fingerprint density at radius 3 is 2.50 bits per heavy atom. The van der Waals surface area contributed by atoms with Gasteiger partial charge in [0.15, 0.2) is 0 Å². The molecule has 0 radical (unpaired) electrons. The van der Waals surface area contributed by atoms with Crippen molar-refractivity contribution in [2.45, 2.75) is 26.8 Å². The van der Waals surface area contributed by atoms with Gasteiger partial charge in [-0.2, -0.15) is 0 Å². The van der Waals surface area contributed by atoms with Crippen LogP contribution in [0.25, 0.3) is 0 Å². The highest BCUT2D eigenvalue weighted by Crippen LogP contribution is 2.30. The number of morpholine rings is 1. The van der Waals surface area contributed by atoms with Crippen LogP contribution in [0.15, 0.2) is 30.3 Å². The first-order valence-corrected chi connectivity index (χ1v) is 5.98. The van der Waals surface area contributed by atoms with Crippen molar-refractivity contribution in [3.8, 4) is 0 Å². The quantitative estimate of drug-likeness (QED) is 0.720. The normalized spacial score (nSPS) is 22.2. The summed E-state index contributed by atoms with van der Waals surface area (Å²) in [5.74, 6) is 0. The Morgan fingerprint density at radius 2 is 1.88 bits per heavy atom. The van der Waals surface area contributed by atoms with Gasteiger partial charge in [0.05, 0.1) is 19.3 Å². The van der Waals surface area contributed by atoms with Crippen molar-refractivity contribution in [1.29, 1.82) is 0 Å². The summed E-state index contributed by atoms with van der Waals surface area (Å²) < 4.78 is 5.62. The van der Waals surface area contributed by atoms with Gasteiger partial charge in [0, 0.05) is 12.2 Å². The van der Waals surface area contributed by atoms with Crippen LogP contribution in [0.4, 0.5) is 5.69 Å². The fourth-order valence-corrected chi connectivity index (χ4v) is 2.25. The number of benzene rings is 1. The Kier molecular flexibility index (Phi) is 3.20. The molecule has 0 N–H and O–H groups in total. The predicted molar refractivity (Wildman–Crippen MR) is 67.9 cm³/mol. The van der Waals surface area contributed by atoms with Crippen molar-refractivity contribution in [3.63, 3.8) is 0 Å². The number of hydrogen-bond acceptors (Lipinski definition) is 2. The minimum atomic E-state index is 0.246. The van der Waals surface area contributed by atoms with Gasteiger partial charge in [0.25, 0.3) is 0 Å². The van der Waals surface area contributed by atoms with Gasteiger partial charge in [0.1, 0.15) is 0 Å². The van der Waals surface area contributed by atoms with E-state index in [-0.39, 0.29) is 5.41 Å². The molecule has 1 unspecified atom stereocenters. The van der Waals surface area contributed by atoms with Crippen molar-refractivity contribution >= 4 is 5.69 Å². The second-order valence-electron chi connectivity index (χ2n) is 5.49. The molecule has 0 aliphatic carbocycles. The van der Waals surface area contributed by atoms with E-state index in [0.29, 0.717) is 6.04 Å². The van der Waals surface area contributed by atoms with Crippen LogP contribution >= 0.6 is 0 Å². The minimum absolute atomic E-state index is 0.246. The molecule has 0 amide bonds. The average Bonchev–Trinajstić information content (AvgIpc) is 2.29. The van der Waals surface area contributed by atoms with E-state index < -0.39 is 0 Å². The Balaban J connectivity index is 2.24. The Bertz CT molecular complexity index is 328. The molecule has 1 aromatic rings. The lowest BCUT2D eigenvalue weighted by atomic mass is 9.85. The van der Waals surface area contributed by atoms with Crippen molar-refractivity contribution in [3.05, 3.63) is 30.3 Å². The first kappa shape index (κ1) is 11.5. The highest BCUT2D eigenvalue weighted by Gasteiger charge is 2.33. The van der Waals surface area contributed by atoms with Crippen LogP contribution in [0.5, 0.6) is 0 Å². The SMILES string of the molecule is CC(C)(C)C1COCCN1c1ccccc1. The lowest BCUT2D eigenvalue weighted by Crippen LogP contribution is -2.52. The molecule has 1 atom stereocenters. The van der Waals surface area contributed by atoms with Crippen molar-refractivity contribution < 1.29 is 4.74 Å². The molecule has 1 aliphatic rings. The van der Waals surface area contributed by atoms with E-state index in [1.54, 1.807) is 0 Å². The Morgan fingerprint density at radius 1 is 1.19 bits per heavy atom. The second-order valence-corrected chi connectivity index (χ2v) is 5.49. The van der Waals surface area contributed by atoms with Crippen LogP contribution in [0, 0.1) is 5.41 Å². The highest BCUT2D eigenvalue weighted by molar-refractivity contribution is 5.47.